The second kappa shape index (κ2) is 7.02. The van der Waals surface area contributed by atoms with Crippen LogP contribution >= 0.6 is 0 Å². The summed E-state index contributed by atoms with van der Waals surface area (Å²) in [7, 11) is -1.60. The number of sulfonamides is 1. The van der Waals surface area contributed by atoms with Crippen LogP contribution in [0.25, 0.3) is 0 Å². The second-order valence-corrected chi connectivity index (χ2v) is 6.88. The van der Waals surface area contributed by atoms with Crippen molar-refractivity contribution in [1.82, 2.24) is 19.8 Å². The third-order valence-corrected chi connectivity index (χ3v) is 4.62. The fourth-order valence-electron chi connectivity index (χ4n) is 1.39. The predicted octanol–water partition coefficient (Wildman–Crippen LogP) is 0.673. The summed E-state index contributed by atoms with van der Waals surface area (Å²) in [4.78, 5) is 0.222. The molecule has 0 aliphatic heterocycles. The van der Waals surface area contributed by atoms with Gasteiger partial charge in [-0.3, -0.25) is 4.68 Å². The molecule has 0 fully saturated rings. The van der Waals surface area contributed by atoms with Crippen LogP contribution < -0.4 is 10.0 Å². The second-order valence-electron chi connectivity index (χ2n) is 5.12. The van der Waals surface area contributed by atoms with E-state index < -0.39 is 10.0 Å². The normalized spacial score (nSPS) is 13.9. The van der Waals surface area contributed by atoms with Gasteiger partial charge in [0.2, 0.25) is 10.0 Å². The van der Waals surface area contributed by atoms with Crippen LogP contribution in [0.15, 0.2) is 17.3 Å². The number of hydrogen-bond donors (Lipinski definition) is 2. The Hall–Kier alpha value is -0.920. The topological polar surface area (TPSA) is 76.0 Å². The highest BCUT2D eigenvalue weighted by Gasteiger charge is 2.18. The number of nitrogens with zero attached hydrogens (tertiary/aromatic N) is 2. The lowest BCUT2D eigenvalue weighted by atomic mass is 9.99. The Kier molecular flexibility index (Phi) is 5.96. The highest BCUT2D eigenvalue weighted by molar-refractivity contribution is 7.89. The van der Waals surface area contributed by atoms with E-state index >= 15 is 0 Å². The number of likely N-dealkylation sites (N-methyl/N-ethyl adjacent to an activating group) is 1. The van der Waals surface area contributed by atoms with E-state index in [1.54, 1.807) is 10.9 Å². The molecule has 0 saturated heterocycles. The minimum absolute atomic E-state index is 0.222. The van der Waals surface area contributed by atoms with Gasteiger partial charge in [0.25, 0.3) is 0 Å². The maximum Gasteiger partial charge on any atom is 0.243 e. The van der Waals surface area contributed by atoms with Crippen molar-refractivity contribution in [2.24, 2.45) is 11.8 Å². The molecule has 110 valence electrons. The van der Waals surface area contributed by atoms with Crippen molar-refractivity contribution < 1.29 is 8.42 Å². The molecule has 0 saturated carbocycles. The fourth-order valence-corrected chi connectivity index (χ4v) is 2.49. The average molecular weight is 288 g/mol. The Balaban J connectivity index is 2.64. The van der Waals surface area contributed by atoms with Gasteiger partial charge >= 0.3 is 0 Å². The van der Waals surface area contributed by atoms with Crippen LogP contribution in [0.5, 0.6) is 0 Å². The Labute approximate surface area is 115 Å². The quantitative estimate of drug-likeness (QED) is 0.737. The molecule has 1 unspecified atom stereocenters. The molecule has 0 bridgehead atoms. The number of hydrogen-bond acceptors (Lipinski definition) is 4. The Morgan fingerprint density at radius 3 is 2.63 bits per heavy atom. The van der Waals surface area contributed by atoms with E-state index in [9.17, 15) is 8.42 Å². The van der Waals surface area contributed by atoms with Gasteiger partial charge in [0, 0.05) is 19.3 Å². The van der Waals surface area contributed by atoms with Crippen molar-refractivity contribution in [2.75, 3.05) is 20.1 Å². The Morgan fingerprint density at radius 1 is 1.37 bits per heavy atom. The molecule has 0 spiro atoms. The third kappa shape index (κ3) is 4.93. The van der Waals surface area contributed by atoms with Crippen LogP contribution in [0.2, 0.25) is 0 Å². The highest BCUT2D eigenvalue weighted by atomic mass is 32.2. The molecule has 0 aromatic carbocycles. The van der Waals surface area contributed by atoms with Gasteiger partial charge in [-0.2, -0.15) is 5.10 Å². The van der Waals surface area contributed by atoms with E-state index in [0.29, 0.717) is 24.9 Å². The van der Waals surface area contributed by atoms with Gasteiger partial charge in [0.1, 0.15) is 4.90 Å². The SMILES string of the molecule is CNCCn1cc(S(=O)(=O)NCC(C)C(C)C)cn1. The van der Waals surface area contributed by atoms with Crippen LogP contribution in [-0.4, -0.2) is 38.3 Å². The first-order valence-electron chi connectivity index (χ1n) is 6.53. The molecule has 1 heterocycles. The smallest absolute Gasteiger partial charge is 0.243 e. The van der Waals surface area contributed by atoms with Crippen molar-refractivity contribution in [3.05, 3.63) is 12.4 Å². The van der Waals surface area contributed by atoms with Crippen LogP contribution in [-0.2, 0) is 16.6 Å². The third-order valence-electron chi connectivity index (χ3n) is 3.24. The summed E-state index contributed by atoms with van der Waals surface area (Å²) in [6.45, 7) is 8.03. The maximum atomic E-state index is 12.1. The maximum absolute atomic E-state index is 12.1. The van der Waals surface area contributed by atoms with Crippen molar-refractivity contribution in [3.63, 3.8) is 0 Å². The molecule has 2 N–H and O–H groups in total. The molecule has 0 radical (unpaired) electrons. The van der Waals surface area contributed by atoms with E-state index in [4.69, 9.17) is 0 Å². The molecule has 0 amide bonds. The largest absolute Gasteiger partial charge is 0.318 e. The van der Waals surface area contributed by atoms with Gasteiger partial charge in [-0.15, -0.1) is 0 Å². The summed E-state index contributed by atoms with van der Waals surface area (Å²) in [6, 6.07) is 0. The van der Waals surface area contributed by atoms with Crippen molar-refractivity contribution in [1.29, 1.82) is 0 Å². The molecular weight excluding hydrogens is 264 g/mol. The Morgan fingerprint density at radius 2 is 2.05 bits per heavy atom. The van der Waals surface area contributed by atoms with Crippen molar-refractivity contribution in [3.8, 4) is 0 Å². The minimum Gasteiger partial charge on any atom is -0.318 e. The van der Waals surface area contributed by atoms with E-state index in [2.05, 4.69) is 29.0 Å². The molecule has 6 nitrogen and oxygen atoms in total. The van der Waals surface area contributed by atoms with Crippen molar-refractivity contribution in [2.45, 2.75) is 32.2 Å². The van der Waals surface area contributed by atoms with E-state index in [1.165, 1.54) is 6.20 Å². The summed E-state index contributed by atoms with van der Waals surface area (Å²) < 4.78 is 28.4. The molecule has 7 heteroatoms. The lowest BCUT2D eigenvalue weighted by Crippen LogP contribution is -2.30. The standard InChI is InChI=1S/C12H24N4O2S/c1-10(2)11(3)7-15-19(17,18)12-8-14-16(9-12)6-5-13-4/h8-11,13,15H,5-7H2,1-4H3. The molecule has 1 rings (SSSR count). The van der Waals surface area contributed by atoms with Crippen molar-refractivity contribution >= 4 is 10.0 Å². The van der Waals surface area contributed by atoms with Crippen LogP contribution in [0.1, 0.15) is 20.8 Å². The molecule has 19 heavy (non-hydrogen) atoms. The summed E-state index contributed by atoms with van der Waals surface area (Å²) in [5.41, 5.74) is 0. The highest BCUT2D eigenvalue weighted by Crippen LogP contribution is 2.11. The summed E-state index contributed by atoms with van der Waals surface area (Å²) in [5.74, 6) is 0.746. The first-order chi connectivity index (χ1) is 8.86. The lowest BCUT2D eigenvalue weighted by molar-refractivity contribution is 0.414. The van der Waals surface area contributed by atoms with E-state index in [-0.39, 0.29) is 4.90 Å². The fraction of sp³-hybridized carbons (Fsp3) is 0.750. The van der Waals surface area contributed by atoms with E-state index in [0.717, 1.165) is 6.54 Å². The molecular formula is C12H24N4O2S. The van der Waals surface area contributed by atoms with Gasteiger partial charge in [0.05, 0.1) is 12.7 Å². The average Bonchev–Trinajstić information content (AvgIpc) is 2.82. The van der Waals surface area contributed by atoms with Crippen LogP contribution in [0, 0.1) is 11.8 Å². The van der Waals surface area contributed by atoms with Crippen LogP contribution in [0.3, 0.4) is 0 Å². The Bertz CT molecular complexity index is 482. The zero-order chi connectivity index (χ0) is 14.5. The molecule has 1 aromatic rings. The van der Waals surface area contributed by atoms with Gasteiger partial charge in [-0.1, -0.05) is 20.8 Å². The predicted molar refractivity (Wildman–Crippen MR) is 75.3 cm³/mol. The summed E-state index contributed by atoms with van der Waals surface area (Å²) >= 11 is 0. The number of aromatic nitrogens is 2. The molecule has 1 atom stereocenters. The molecule has 1 aromatic heterocycles. The van der Waals surface area contributed by atoms with Gasteiger partial charge in [-0.25, -0.2) is 13.1 Å². The monoisotopic (exact) mass is 288 g/mol. The summed E-state index contributed by atoms with van der Waals surface area (Å²) in [5, 5.41) is 7.03. The minimum atomic E-state index is -3.45. The van der Waals surface area contributed by atoms with Crippen LogP contribution in [0.4, 0.5) is 0 Å². The molecule has 0 aliphatic carbocycles. The first kappa shape index (κ1) is 16.1. The van der Waals surface area contributed by atoms with Gasteiger partial charge in [-0.05, 0) is 18.9 Å². The first-order valence-corrected chi connectivity index (χ1v) is 8.02. The number of rotatable bonds is 8. The van der Waals surface area contributed by atoms with E-state index in [1.807, 2.05) is 14.0 Å². The zero-order valence-corrected chi connectivity index (χ0v) is 12.9. The van der Waals surface area contributed by atoms with Gasteiger partial charge in [0.15, 0.2) is 0 Å². The number of nitrogens with one attached hydrogen (secondary N) is 2. The zero-order valence-electron chi connectivity index (χ0n) is 12.0. The molecule has 0 aliphatic rings. The lowest BCUT2D eigenvalue weighted by Gasteiger charge is -2.15. The summed E-state index contributed by atoms with van der Waals surface area (Å²) in [6.07, 6.45) is 2.94. The van der Waals surface area contributed by atoms with Gasteiger partial charge < -0.3 is 5.32 Å².